The number of nitrogens with two attached hydrogens (primary N) is 1. The quantitative estimate of drug-likeness (QED) is 0.754. The number of hydrogen-bond donors (Lipinski definition) is 2. The Hall–Kier alpha value is -1.71. The van der Waals surface area contributed by atoms with Gasteiger partial charge in [0.25, 0.3) is 0 Å². The molecule has 2 aliphatic heterocycles. The first-order valence-electron chi connectivity index (χ1n) is 7.04. The fourth-order valence-corrected chi connectivity index (χ4v) is 3.36. The molecule has 1 aromatic rings. The molecule has 0 aliphatic carbocycles. The van der Waals surface area contributed by atoms with E-state index in [9.17, 15) is 4.79 Å². The van der Waals surface area contributed by atoms with Gasteiger partial charge in [-0.15, -0.1) is 0 Å². The summed E-state index contributed by atoms with van der Waals surface area (Å²) >= 11 is 0. The molecule has 2 aliphatic rings. The number of benzene rings is 1. The number of nitrogens with one attached hydrogen (secondary N) is 1. The highest BCUT2D eigenvalue weighted by Crippen LogP contribution is 2.30. The largest absolute Gasteiger partial charge is 0.399 e. The minimum Gasteiger partial charge on any atom is -0.399 e. The number of rotatable bonds is 1. The maximum atomic E-state index is 11.4. The van der Waals surface area contributed by atoms with Crippen LogP contribution in [0.3, 0.4) is 0 Å². The van der Waals surface area contributed by atoms with Crippen LogP contribution in [0.25, 0.3) is 0 Å². The lowest BCUT2D eigenvalue weighted by Crippen LogP contribution is -2.54. The van der Waals surface area contributed by atoms with Gasteiger partial charge in [-0.25, -0.2) is 0 Å². The molecule has 3 rings (SSSR count). The molecule has 0 radical (unpaired) electrons. The molecule has 2 fully saturated rings. The van der Waals surface area contributed by atoms with Crippen LogP contribution in [0.4, 0.5) is 11.4 Å². The van der Waals surface area contributed by atoms with Crippen molar-refractivity contribution in [2.45, 2.75) is 32.2 Å². The Morgan fingerprint density at radius 2 is 2.21 bits per heavy atom. The van der Waals surface area contributed by atoms with Crippen LogP contribution in [0.5, 0.6) is 0 Å². The molecule has 2 saturated heterocycles. The van der Waals surface area contributed by atoms with Crippen molar-refractivity contribution in [2.75, 3.05) is 23.7 Å². The van der Waals surface area contributed by atoms with E-state index >= 15 is 0 Å². The van der Waals surface area contributed by atoms with Crippen LogP contribution in [0, 0.1) is 12.8 Å². The van der Waals surface area contributed by atoms with Gasteiger partial charge < -0.3 is 16.0 Å². The predicted molar refractivity (Wildman–Crippen MR) is 77.1 cm³/mol. The van der Waals surface area contributed by atoms with Crippen molar-refractivity contribution >= 4 is 17.3 Å². The van der Waals surface area contributed by atoms with Gasteiger partial charge >= 0.3 is 0 Å². The molecule has 0 bridgehead atoms. The van der Waals surface area contributed by atoms with Crippen LogP contribution >= 0.6 is 0 Å². The Kier molecular flexibility index (Phi) is 3.09. The zero-order valence-electron chi connectivity index (χ0n) is 11.4. The van der Waals surface area contributed by atoms with Gasteiger partial charge in [-0.3, -0.25) is 4.79 Å². The van der Waals surface area contributed by atoms with E-state index in [4.69, 9.17) is 5.73 Å². The molecule has 3 N–H and O–H groups in total. The Morgan fingerprint density at radius 1 is 1.37 bits per heavy atom. The Bertz CT molecular complexity index is 500. The molecule has 1 aromatic carbocycles. The van der Waals surface area contributed by atoms with Crippen molar-refractivity contribution in [3.63, 3.8) is 0 Å². The zero-order valence-corrected chi connectivity index (χ0v) is 11.4. The Balaban J connectivity index is 1.76. The molecule has 19 heavy (non-hydrogen) atoms. The molecular weight excluding hydrogens is 238 g/mol. The number of aryl methyl sites for hydroxylation is 1. The molecule has 0 saturated carbocycles. The third kappa shape index (κ3) is 2.39. The number of nitrogen functional groups attached to an aromatic ring is 1. The van der Waals surface area contributed by atoms with Crippen LogP contribution in [0.2, 0.25) is 0 Å². The predicted octanol–water partition coefficient (Wildman–Crippen LogP) is 1.68. The van der Waals surface area contributed by atoms with Crippen molar-refractivity contribution in [3.05, 3.63) is 23.8 Å². The number of amides is 1. The van der Waals surface area contributed by atoms with E-state index in [1.807, 2.05) is 12.1 Å². The maximum absolute atomic E-state index is 11.4. The second-order valence-corrected chi connectivity index (χ2v) is 5.75. The number of fused-ring (bicyclic) bond motifs is 1. The fourth-order valence-electron chi connectivity index (χ4n) is 3.36. The van der Waals surface area contributed by atoms with Crippen LogP contribution in [-0.2, 0) is 4.79 Å². The highest BCUT2D eigenvalue weighted by Gasteiger charge is 2.33. The summed E-state index contributed by atoms with van der Waals surface area (Å²) in [6, 6.07) is 6.50. The third-order valence-electron chi connectivity index (χ3n) is 4.38. The monoisotopic (exact) mass is 259 g/mol. The molecule has 0 spiro atoms. The van der Waals surface area contributed by atoms with Crippen LogP contribution in [-0.4, -0.2) is 25.0 Å². The lowest BCUT2D eigenvalue weighted by atomic mass is 9.85. The van der Waals surface area contributed by atoms with Crippen molar-refractivity contribution < 1.29 is 4.79 Å². The summed E-state index contributed by atoms with van der Waals surface area (Å²) in [5.74, 6) is 0.807. The fraction of sp³-hybridized carbons (Fsp3) is 0.533. The lowest BCUT2D eigenvalue weighted by Gasteiger charge is -2.42. The number of hydrogen-bond acceptors (Lipinski definition) is 3. The number of anilines is 2. The van der Waals surface area contributed by atoms with Gasteiger partial charge in [-0.2, -0.15) is 0 Å². The Labute approximate surface area is 114 Å². The Morgan fingerprint density at radius 3 is 3.00 bits per heavy atom. The average molecular weight is 259 g/mol. The normalized spacial score (nSPS) is 26.8. The molecule has 102 valence electrons. The molecular formula is C15H21N3O. The van der Waals surface area contributed by atoms with Crippen molar-refractivity contribution in [2.24, 2.45) is 5.92 Å². The van der Waals surface area contributed by atoms with Gasteiger partial charge in [0.2, 0.25) is 5.91 Å². The van der Waals surface area contributed by atoms with Crippen LogP contribution in [0.1, 0.15) is 24.8 Å². The van der Waals surface area contributed by atoms with Crippen molar-refractivity contribution in [3.8, 4) is 0 Å². The van der Waals surface area contributed by atoms with Gasteiger partial charge in [-0.05, 0) is 49.4 Å². The first kappa shape index (κ1) is 12.3. The maximum Gasteiger partial charge on any atom is 0.220 e. The van der Waals surface area contributed by atoms with Crippen molar-refractivity contribution in [1.29, 1.82) is 0 Å². The van der Waals surface area contributed by atoms with Crippen molar-refractivity contribution in [1.82, 2.24) is 5.32 Å². The minimum atomic E-state index is 0.221. The smallest absolute Gasteiger partial charge is 0.220 e. The van der Waals surface area contributed by atoms with Crippen LogP contribution < -0.4 is 16.0 Å². The number of piperidine rings is 2. The second kappa shape index (κ2) is 4.76. The van der Waals surface area contributed by atoms with E-state index in [-0.39, 0.29) is 5.91 Å². The molecule has 1 amide bonds. The van der Waals surface area contributed by atoms with Crippen LogP contribution in [0.15, 0.2) is 18.2 Å². The molecule has 4 nitrogen and oxygen atoms in total. The summed E-state index contributed by atoms with van der Waals surface area (Å²) in [4.78, 5) is 13.9. The first-order valence-corrected chi connectivity index (χ1v) is 7.04. The summed E-state index contributed by atoms with van der Waals surface area (Å²) < 4.78 is 0. The summed E-state index contributed by atoms with van der Waals surface area (Å²) in [6.07, 6.45) is 2.73. The minimum absolute atomic E-state index is 0.221. The summed E-state index contributed by atoms with van der Waals surface area (Å²) in [5, 5.41) is 3.13. The average Bonchev–Trinajstić information content (AvgIpc) is 2.38. The van der Waals surface area contributed by atoms with E-state index in [0.29, 0.717) is 18.4 Å². The van der Waals surface area contributed by atoms with E-state index in [2.05, 4.69) is 23.2 Å². The SMILES string of the molecule is Cc1cc(N)ccc1N1CCC2NC(=O)CCC2C1. The van der Waals surface area contributed by atoms with E-state index < -0.39 is 0 Å². The van der Waals surface area contributed by atoms with Gasteiger partial charge in [0.05, 0.1) is 0 Å². The topological polar surface area (TPSA) is 58.4 Å². The number of nitrogens with zero attached hydrogens (tertiary/aromatic N) is 1. The second-order valence-electron chi connectivity index (χ2n) is 5.75. The molecule has 0 aromatic heterocycles. The summed E-state index contributed by atoms with van der Waals surface area (Å²) in [7, 11) is 0. The zero-order chi connectivity index (χ0) is 13.4. The number of carbonyl (C=O) groups is 1. The first-order chi connectivity index (χ1) is 9.13. The highest BCUT2D eigenvalue weighted by atomic mass is 16.1. The highest BCUT2D eigenvalue weighted by molar-refractivity contribution is 5.77. The molecule has 4 heteroatoms. The third-order valence-corrected chi connectivity index (χ3v) is 4.38. The van der Waals surface area contributed by atoms with Gasteiger partial charge in [-0.1, -0.05) is 0 Å². The van der Waals surface area contributed by atoms with Gasteiger partial charge in [0.1, 0.15) is 0 Å². The van der Waals surface area contributed by atoms with E-state index in [1.54, 1.807) is 0 Å². The molecule has 2 atom stereocenters. The summed E-state index contributed by atoms with van der Waals surface area (Å²) in [6.45, 7) is 4.16. The lowest BCUT2D eigenvalue weighted by molar-refractivity contribution is -0.124. The molecule has 2 unspecified atom stereocenters. The summed E-state index contributed by atoms with van der Waals surface area (Å²) in [5.41, 5.74) is 9.15. The van der Waals surface area contributed by atoms with Gasteiger partial charge in [0.15, 0.2) is 0 Å². The van der Waals surface area contributed by atoms with E-state index in [0.717, 1.165) is 31.6 Å². The van der Waals surface area contributed by atoms with Gasteiger partial charge in [0, 0.05) is 36.9 Å². The number of carbonyl (C=O) groups excluding carboxylic acids is 1. The van der Waals surface area contributed by atoms with E-state index in [1.165, 1.54) is 11.3 Å². The standard InChI is InChI=1S/C15H21N3O/c1-10-8-12(16)3-4-14(10)18-7-6-13-11(9-18)2-5-15(19)17-13/h3-4,8,11,13H,2,5-7,9,16H2,1H3,(H,17,19). The molecule has 2 heterocycles.